The van der Waals surface area contributed by atoms with Gasteiger partial charge in [0.1, 0.15) is 5.82 Å². The molecule has 0 amide bonds. The molecule has 1 aromatic rings. The molecule has 1 aliphatic rings. The fraction of sp³-hybridized carbons (Fsp3) is 0.727. The Morgan fingerprint density at radius 1 is 1.24 bits per heavy atom. The van der Waals surface area contributed by atoms with Gasteiger partial charge in [0, 0.05) is 26.6 Å². The van der Waals surface area contributed by atoms with E-state index in [1.165, 1.54) is 0 Å². The van der Waals surface area contributed by atoms with Gasteiger partial charge in [0.15, 0.2) is 0 Å². The van der Waals surface area contributed by atoms with Gasteiger partial charge in [-0.05, 0) is 6.42 Å². The Morgan fingerprint density at radius 3 is 2.65 bits per heavy atom. The Hall–Kier alpha value is -1.43. The molecule has 0 unspecified atom stereocenters. The van der Waals surface area contributed by atoms with Crippen LogP contribution in [-0.2, 0) is 11.2 Å². The van der Waals surface area contributed by atoms with E-state index in [0.29, 0.717) is 5.95 Å². The van der Waals surface area contributed by atoms with Crippen molar-refractivity contribution in [3.63, 3.8) is 0 Å². The first-order valence-corrected chi connectivity index (χ1v) is 6.09. The van der Waals surface area contributed by atoms with Gasteiger partial charge in [-0.2, -0.15) is 15.0 Å². The molecule has 0 aromatic carbocycles. The van der Waals surface area contributed by atoms with Gasteiger partial charge in [0.25, 0.3) is 0 Å². The highest BCUT2D eigenvalue weighted by Gasteiger charge is 2.15. The molecule has 0 spiro atoms. The molecule has 0 atom stereocenters. The molecule has 1 aliphatic heterocycles. The lowest BCUT2D eigenvalue weighted by Crippen LogP contribution is -2.37. The van der Waals surface area contributed by atoms with E-state index >= 15 is 0 Å². The van der Waals surface area contributed by atoms with Gasteiger partial charge < -0.3 is 15.0 Å². The van der Waals surface area contributed by atoms with Crippen molar-refractivity contribution in [2.45, 2.75) is 19.8 Å². The summed E-state index contributed by atoms with van der Waals surface area (Å²) in [5, 5.41) is 2.99. The summed E-state index contributed by atoms with van der Waals surface area (Å²) < 4.78 is 5.33. The summed E-state index contributed by atoms with van der Waals surface area (Å²) >= 11 is 0. The Morgan fingerprint density at radius 2 is 2.00 bits per heavy atom. The number of ether oxygens (including phenoxy) is 1. The Labute approximate surface area is 101 Å². The molecule has 1 N–H and O–H groups in total. The average molecular weight is 237 g/mol. The van der Waals surface area contributed by atoms with Crippen LogP contribution in [0.2, 0.25) is 0 Å². The van der Waals surface area contributed by atoms with Crippen LogP contribution >= 0.6 is 0 Å². The molecular weight excluding hydrogens is 218 g/mol. The van der Waals surface area contributed by atoms with Gasteiger partial charge in [0.2, 0.25) is 11.9 Å². The average Bonchev–Trinajstić information content (AvgIpc) is 2.40. The second-order valence-electron chi connectivity index (χ2n) is 3.97. The summed E-state index contributed by atoms with van der Waals surface area (Å²) in [4.78, 5) is 15.4. The number of rotatable bonds is 4. The van der Waals surface area contributed by atoms with E-state index < -0.39 is 0 Å². The number of anilines is 2. The van der Waals surface area contributed by atoms with Crippen molar-refractivity contribution in [3.8, 4) is 0 Å². The summed E-state index contributed by atoms with van der Waals surface area (Å²) in [6.45, 7) is 5.29. The fourth-order valence-corrected chi connectivity index (χ4v) is 1.76. The summed E-state index contributed by atoms with van der Waals surface area (Å²) in [6, 6.07) is 0. The highest BCUT2D eigenvalue weighted by Crippen LogP contribution is 2.13. The molecule has 2 rings (SSSR count). The number of aryl methyl sites for hydroxylation is 1. The van der Waals surface area contributed by atoms with Crippen molar-refractivity contribution in [2.75, 3.05) is 43.6 Å². The van der Waals surface area contributed by atoms with Crippen molar-refractivity contribution in [3.05, 3.63) is 5.82 Å². The zero-order valence-electron chi connectivity index (χ0n) is 10.4. The third-order valence-corrected chi connectivity index (χ3v) is 2.66. The van der Waals surface area contributed by atoms with Crippen molar-refractivity contribution in [1.82, 2.24) is 15.0 Å². The van der Waals surface area contributed by atoms with Crippen LogP contribution in [-0.4, -0.2) is 48.3 Å². The normalized spacial score (nSPS) is 16.0. The zero-order valence-corrected chi connectivity index (χ0v) is 10.4. The highest BCUT2D eigenvalue weighted by molar-refractivity contribution is 5.37. The SMILES string of the molecule is CCCc1nc(NC)nc(N2CCOCC2)n1. The predicted octanol–water partition coefficient (Wildman–Crippen LogP) is 0.702. The maximum atomic E-state index is 5.33. The first-order chi connectivity index (χ1) is 8.33. The van der Waals surface area contributed by atoms with Crippen LogP contribution in [0.5, 0.6) is 0 Å². The number of nitrogens with zero attached hydrogens (tertiary/aromatic N) is 4. The molecule has 6 nitrogen and oxygen atoms in total. The minimum atomic E-state index is 0.643. The number of nitrogens with one attached hydrogen (secondary N) is 1. The molecule has 1 fully saturated rings. The second kappa shape index (κ2) is 5.77. The number of morpholine rings is 1. The first-order valence-electron chi connectivity index (χ1n) is 6.09. The van der Waals surface area contributed by atoms with Crippen LogP contribution < -0.4 is 10.2 Å². The van der Waals surface area contributed by atoms with Crippen molar-refractivity contribution < 1.29 is 4.74 Å². The van der Waals surface area contributed by atoms with Gasteiger partial charge in [-0.1, -0.05) is 6.92 Å². The molecule has 1 aromatic heterocycles. The second-order valence-corrected chi connectivity index (χ2v) is 3.97. The largest absolute Gasteiger partial charge is 0.378 e. The lowest BCUT2D eigenvalue weighted by atomic mass is 10.3. The zero-order chi connectivity index (χ0) is 12.1. The van der Waals surface area contributed by atoms with Crippen LogP contribution in [0.3, 0.4) is 0 Å². The van der Waals surface area contributed by atoms with Gasteiger partial charge in [-0.15, -0.1) is 0 Å². The summed E-state index contributed by atoms with van der Waals surface area (Å²) in [5.41, 5.74) is 0. The van der Waals surface area contributed by atoms with Gasteiger partial charge >= 0.3 is 0 Å². The molecule has 0 bridgehead atoms. The van der Waals surface area contributed by atoms with E-state index in [-0.39, 0.29) is 0 Å². The van der Waals surface area contributed by atoms with Crippen molar-refractivity contribution >= 4 is 11.9 Å². The fourth-order valence-electron chi connectivity index (χ4n) is 1.76. The van der Waals surface area contributed by atoms with Crippen molar-refractivity contribution in [1.29, 1.82) is 0 Å². The molecule has 94 valence electrons. The van der Waals surface area contributed by atoms with E-state index in [2.05, 4.69) is 32.1 Å². The number of aromatic nitrogens is 3. The molecule has 1 saturated heterocycles. The molecule has 0 aliphatic carbocycles. The van der Waals surface area contributed by atoms with Gasteiger partial charge in [-0.3, -0.25) is 0 Å². The Kier molecular flexibility index (Phi) is 4.08. The standard InChI is InChI=1S/C11H19N5O/c1-3-4-9-13-10(12-2)15-11(14-9)16-5-7-17-8-6-16/h3-8H2,1-2H3,(H,12,13,14,15). The third-order valence-electron chi connectivity index (χ3n) is 2.66. The maximum absolute atomic E-state index is 5.33. The monoisotopic (exact) mass is 237 g/mol. The summed E-state index contributed by atoms with van der Waals surface area (Å²) in [7, 11) is 1.83. The smallest absolute Gasteiger partial charge is 0.230 e. The van der Waals surface area contributed by atoms with E-state index in [4.69, 9.17) is 4.74 Å². The van der Waals surface area contributed by atoms with Crippen LogP contribution in [0.1, 0.15) is 19.2 Å². The number of hydrogen-bond acceptors (Lipinski definition) is 6. The van der Waals surface area contributed by atoms with Crippen LogP contribution in [0.4, 0.5) is 11.9 Å². The predicted molar refractivity (Wildman–Crippen MR) is 66.4 cm³/mol. The van der Waals surface area contributed by atoms with Crippen LogP contribution in [0, 0.1) is 0 Å². The third kappa shape index (κ3) is 3.03. The lowest BCUT2D eigenvalue weighted by molar-refractivity contribution is 0.122. The minimum Gasteiger partial charge on any atom is -0.378 e. The summed E-state index contributed by atoms with van der Waals surface area (Å²) in [6.07, 6.45) is 1.92. The van der Waals surface area contributed by atoms with E-state index in [1.807, 2.05) is 7.05 Å². The van der Waals surface area contributed by atoms with Gasteiger partial charge in [0.05, 0.1) is 13.2 Å². The quantitative estimate of drug-likeness (QED) is 0.831. The molecule has 0 radical (unpaired) electrons. The maximum Gasteiger partial charge on any atom is 0.230 e. The van der Waals surface area contributed by atoms with Crippen LogP contribution in [0.25, 0.3) is 0 Å². The van der Waals surface area contributed by atoms with E-state index in [0.717, 1.165) is 50.9 Å². The van der Waals surface area contributed by atoms with E-state index in [1.54, 1.807) is 0 Å². The first kappa shape index (κ1) is 12.0. The summed E-state index contributed by atoms with van der Waals surface area (Å²) in [5.74, 6) is 2.26. The highest BCUT2D eigenvalue weighted by atomic mass is 16.5. The Bertz CT molecular complexity index is 365. The lowest BCUT2D eigenvalue weighted by Gasteiger charge is -2.27. The topological polar surface area (TPSA) is 63.2 Å². The van der Waals surface area contributed by atoms with E-state index in [9.17, 15) is 0 Å². The molecule has 2 heterocycles. The molecular formula is C11H19N5O. The molecule has 17 heavy (non-hydrogen) atoms. The Balaban J connectivity index is 2.21. The number of hydrogen-bond donors (Lipinski definition) is 1. The molecule has 0 saturated carbocycles. The molecule has 6 heteroatoms. The van der Waals surface area contributed by atoms with Crippen molar-refractivity contribution in [2.24, 2.45) is 0 Å². The minimum absolute atomic E-state index is 0.643. The van der Waals surface area contributed by atoms with Crippen LogP contribution in [0.15, 0.2) is 0 Å². The van der Waals surface area contributed by atoms with Gasteiger partial charge in [-0.25, -0.2) is 0 Å².